The Labute approximate surface area is 57.8 Å². The first-order valence-electron chi connectivity index (χ1n) is 3.56. The molecule has 0 aliphatic rings. The van der Waals surface area contributed by atoms with Crippen LogP contribution in [0.3, 0.4) is 0 Å². The van der Waals surface area contributed by atoms with Crippen molar-refractivity contribution in [2.75, 3.05) is 13.1 Å². The molecule has 0 aliphatic heterocycles. The third-order valence-electron chi connectivity index (χ3n) is 1.28. The second-order valence-electron chi connectivity index (χ2n) is 2.23. The minimum absolute atomic E-state index is 0.316. The standard InChI is InChI=1S/C7H17N2/c1-3-5-9-6-7(8)4-2/h7,9H,1,3-6,8H2,2H3. The lowest BCUT2D eigenvalue weighted by Crippen LogP contribution is -2.33. The first kappa shape index (κ1) is 8.92. The quantitative estimate of drug-likeness (QED) is 0.532. The fourth-order valence-electron chi connectivity index (χ4n) is 0.557. The van der Waals surface area contributed by atoms with E-state index in [1.54, 1.807) is 0 Å². The van der Waals surface area contributed by atoms with E-state index in [-0.39, 0.29) is 0 Å². The lowest BCUT2D eigenvalue weighted by molar-refractivity contribution is 0.567. The van der Waals surface area contributed by atoms with E-state index in [0.717, 1.165) is 25.9 Å². The number of nitrogens with two attached hydrogens (primary N) is 1. The summed E-state index contributed by atoms with van der Waals surface area (Å²) in [6, 6.07) is 0.316. The summed E-state index contributed by atoms with van der Waals surface area (Å²) in [5, 5.41) is 3.20. The molecule has 0 aliphatic carbocycles. The zero-order valence-corrected chi connectivity index (χ0v) is 6.19. The van der Waals surface area contributed by atoms with E-state index in [9.17, 15) is 0 Å². The SMILES string of the molecule is [CH2]CCNCC(N)CC. The van der Waals surface area contributed by atoms with Gasteiger partial charge in [-0.2, -0.15) is 0 Å². The molecule has 0 rings (SSSR count). The molecular weight excluding hydrogens is 112 g/mol. The van der Waals surface area contributed by atoms with E-state index in [1.807, 2.05) is 0 Å². The average molecular weight is 129 g/mol. The Bertz CT molecular complexity index is 54.9. The molecule has 0 fully saturated rings. The van der Waals surface area contributed by atoms with Gasteiger partial charge >= 0.3 is 0 Å². The molecule has 0 heterocycles. The van der Waals surface area contributed by atoms with Crippen LogP contribution in [-0.2, 0) is 0 Å². The van der Waals surface area contributed by atoms with Crippen LogP contribution in [0.1, 0.15) is 19.8 Å². The van der Waals surface area contributed by atoms with Crippen LogP contribution in [0.2, 0.25) is 0 Å². The lowest BCUT2D eigenvalue weighted by Gasteiger charge is -2.08. The van der Waals surface area contributed by atoms with Crippen LogP contribution in [0.5, 0.6) is 0 Å². The molecular formula is C7H17N2. The second kappa shape index (κ2) is 6.05. The highest BCUT2D eigenvalue weighted by Gasteiger charge is 1.94. The summed E-state index contributed by atoms with van der Waals surface area (Å²) in [4.78, 5) is 0. The van der Waals surface area contributed by atoms with E-state index >= 15 is 0 Å². The Morgan fingerprint density at radius 2 is 2.33 bits per heavy atom. The molecule has 0 aromatic heterocycles. The molecule has 3 N–H and O–H groups in total. The van der Waals surface area contributed by atoms with Crippen LogP contribution in [0.25, 0.3) is 0 Å². The molecule has 0 bridgehead atoms. The van der Waals surface area contributed by atoms with Crippen molar-refractivity contribution in [1.29, 1.82) is 0 Å². The topological polar surface area (TPSA) is 38.0 Å². The van der Waals surface area contributed by atoms with Gasteiger partial charge in [0.15, 0.2) is 0 Å². The van der Waals surface area contributed by atoms with Gasteiger partial charge in [0.25, 0.3) is 0 Å². The largest absolute Gasteiger partial charge is 0.327 e. The molecule has 1 radical (unpaired) electrons. The Morgan fingerprint density at radius 3 is 2.78 bits per heavy atom. The predicted molar refractivity (Wildman–Crippen MR) is 41.1 cm³/mol. The fraction of sp³-hybridized carbons (Fsp3) is 0.857. The summed E-state index contributed by atoms with van der Waals surface area (Å²) < 4.78 is 0. The predicted octanol–water partition coefficient (Wildman–Crippen LogP) is 0.537. The third-order valence-corrected chi connectivity index (χ3v) is 1.28. The highest BCUT2D eigenvalue weighted by atomic mass is 14.9. The van der Waals surface area contributed by atoms with Crippen molar-refractivity contribution in [2.24, 2.45) is 5.73 Å². The van der Waals surface area contributed by atoms with Crippen LogP contribution in [-0.4, -0.2) is 19.1 Å². The molecule has 2 nitrogen and oxygen atoms in total. The van der Waals surface area contributed by atoms with Crippen molar-refractivity contribution < 1.29 is 0 Å². The minimum Gasteiger partial charge on any atom is -0.327 e. The van der Waals surface area contributed by atoms with Crippen molar-refractivity contribution in [1.82, 2.24) is 5.32 Å². The van der Waals surface area contributed by atoms with E-state index < -0.39 is 0 Å². The average Bonchev–Trinajstić information content (AvgIpc) is 1.89. The minimum atomic E-state index is 0.316. The van der Waals surface area contributed by atoms with Gasteiger partial charge in [0, 0.05) is 12.6 Å². The van der Waals surface area contributed by atoms with Crippen molar-refractivity contribution in [2.45, 2.75) is 25.8 Å². The molecule has 0 saturated carbocycles. The second-order valence-corrected chi connectivity index (χ2v) is 2.23. The van der Waals surface area contributed by atoms with Crippen molar-refractivity contribution in [3.05, 3.63) is 6.92 Å². The molecule has 0 aromatic rings. The summed E-state index contributed by atoms with van der Waals surface area (Å²) in [6.45, 7) is 7.70. The first-order chi connectivity index (χ1) is 4.31. The van der Waals surface area contributed by atoms with Crippen LogP contribution >= 0.6 is 0 Å². The monoisotopic (exact) mass is 129 g/mol. The van der Waals surface area contributed by atoms with Crippen LogP contribution in [0, 0.1) is 6.92 Å². The highest BCUT2D eigenvalue weighted by Crippen LogP contribution is 1.81. The normalized spacial score (nSPS) is 13.7. The summed E-state index contributed by atoms with van der Waals surface area (Å²) >= 11 is 0. The Hall–Kier alpha value is -0.0800. The molecule has 0 amide bonds. The molecule has 0 saturated heterocycles. The summed E-state index contributed by atoms with van der Waals surface area (Å²) in [7, 11) is 0. The molecule has 55 valence electrons. The van der Waals surface area contributed by atoms with Gasteiger partial charge in [-0.3, -0.25) is 0 Å². The van der Waals surface area contributed by atoms with Crippen LogP contribution < -0.4 is 11.1 Å². The maximum atomic E-state index is 5.63. The van der Waals surface area contributed by atoms with Gasteiger partial charge in [-0.05, 0) is 19.4 Å². The smallest absolute Gasteiger partial charge is 0.0162 e. The Kier molecular flexibility index (Phi) is 5.99. The van der Waals surface area contributed by atoms with Crippen molar-refractivity contribution in [3.63, 3.8) is 0 Å². The molecule has 0 spiro atoms. The van der Waals surface area contributed by atoms with Crippen molar-refractivity contribution in [3.8, 4) is 0 Å². The summed E-state index contributed by atoms with van der Waals surface area (Å²) in [5.74, 6) is 0. The molecule has 2 heteroatoms. The van der Waals surface area contributed by atoms with Gasteiger partial charge < -0.3 is 11.1 Å². The van der Waals surface area contributed by atoms with Crippen molar-refractivity contribution >= 4 is 0 Å². The maximum absolute atomic E-state index is 5.63. The van der Waals surface area contributed by atoms with E-state index in [4.69, 9.17) is 5.73 Å². The van der Waals surface area contributed by atoms with E-state index in [0.29, 0.717) is 6.04 Å². The molecule has 0 aromatic carbocycles. The maximum Gasteiger partial charge on any atom is 0.0162 e. The highest BCUT2D eigenvalue weighted by molar-refractivity contribution is 4.61. The summed E-state index contributed by atoms with van der Waals surface area (Å²) in [5.41, 5.74) is 5.63. The zero-order valence-electron chi connectivity index (χ0n) is 6.19. The zero-order chi connectivity index (χ0) is 7.11. The van der Waals surface area contributed by atoms with E-state index in [2.05, 4.69) is 19.2 Å². The van der Waals surface area contributed by atoms with Gasteiger partial charge in [0.1, 0.15) is 0 Å². The van der Waals surface area contributed by atoms with Gasteiger partial charge in [-0.25, -0.2) is 0 Å². The van der Waals surface area contributed by atoms with Gasteiger partial charge in [0.05, 0.1) is 0 Å². The lowest BCUT2D eigenvalue weighted by atomic mass is 10.2. The van der Waals surface area contributed by atoms with Crippen LogP contribution in [0.15, 0.2) is 0 Å². The number of hydrogen-bond donors (Lipinski definition) is 2. The number of nitrogens with one attached hydrogen (secondary N) is 1. The first-order valence-corrected chi connectivity index (χ1v) is 3.56. The van der Waals surface area contributed by atoms with Gasteiger partial charge in [0.2, 0.25) is 0 Å². The van der Waals surface area contributed by atoms with Gasteiger partial charge in [-0.1, -0.05) is 13.8 Å². The Morgan fingerprint density at radius 1 is 1.67 bits per heavy atom. The third kappa shape index (κ3) is 5.80. The fourth-order valence-corrected chi connectivity index (χ4v) is 0.557. The number of hydrogen-bond acceptors (Lipinski definition) is 2. The molecule has 1 unspecified atom stereocenters. The number of rotatable bonds is 5. The summed E-state index contributed by atoms with van der Waals surface area (Å²) in [6.07, 6.45) is 1.99. The Balaban J connectivity index is 2.88. The molecule has 9 heavy (non-hydrogen) atoms. The van der Waals surface area contributed by atoms with Crippen LogP contribution in [0.4, 0.5) is 0 Å². The van der Waals surface area contributed by atoms with Gasteiger partial charge in [-0.15, -0.1) is 0 Å². The van der Waals surface area contributed by atoms with E-state index in [1.165, 1.54) is 0 Å². The molecule has 1 atom stereocenters.